The number of thiophene rings is 1. The van der Waals surface area contributed by atoms with E-state index in [0.717, 1.165) is 33.1 Å². The average Bonchev–Trinajstić information content (AvgIpc) is 3.74. The fraction of sp³-hybridized carbons (Fsp3) is 0. The van der Waals surface area contributed by atoms with E-state index >= 15 is 0 Å². The highest BCUT2D eigenvalue weighted by Crippen LogP contribution is 2.41. The Hall–Kier alpha value is -5.55. The molecule has 0 spiro atoms. The van der Waals surface area contributed by atoms with Gasteiger partial charge in [0.2, 0.25) is 0 Å². The van der Waals surface area contributed by atoms with Gasteiger partial charge < -0.3 is 4.90 Å². The van der Waals surface area contributed by atoms with Gasteiger partial charge in [0.15, 0.2) is 0 Å². The minimum atomic E-state index is 1.04. The zero-order chi connectivity index (χ0) is 31.2. The maximum absolute atomic E-state index is 4.90. The molecule has 0 fully saturated rings. The first-order valence-electron chi connectivity index (χ1n) is 15.7. The first-order chi connectivity index (χ1) is 23.3. The SMILES string of the molecule is c1ccc(-c2ccc(N(c3ccc(-c4ccc5nc(-c6ccccc6)sc5c4)cc3)c3ccc4sc5ccccc5c4c3)cc2)cc1. The van der Waals surface area contributed by atoms with Crippen LogP contribution in [0.2, 0.25) is 0 Å². The molecule has 0 aliphatic rings. The number of anilines is 3. The third-order valence-electron chi connectivity index (χ3n) is 8.72. The van der Waals surface area contributed by atoms with Crippen LogP contribution < -0.4 is 4.90 Å². The quantitative estimate of drug-likeness (QED) is 0.181. The average molecular weight is 637 g/mol. The Bertz CT molecular complexity index is 2500. The van der Waals surface area contributed by atoms with Crippen molar-refractivity contribution in [3.8, 4) is 32.8 Å². The molecule has 2 nitrogen and oxygen atoms in total. The number of fused-ring (bicyclic) bond motifs is 4. The van der Waals surface area contributed by atoms with Gasteiger partial charge in [-0.2, -0.15) is 0 Å². The number of aromatic nitrogens is 1. The number of nitrogens with zero attached hydrogens (tertiary/aromatic N) is 2. The normalized spacial score (nSPS) is 11.4. The first-order valence-corrected chi connectivity index (χ1v) is 17.3. The second kappa shape index (κ2) is 11.7. The van der Waals surface area contributed by atoms with Crippen LogP contribution in [0.15, 0.2) is 170 Å². The van der Waals surface area contributed by atoms with Crippen molar-refractivity contribution in [2.75, 3.05) is 4.90 Å². The summed E-state index contributed by atoms with van der Waals surface area (Å²) < 4.78 is 3.82. The van der Waals surface area contributed by atoms with Gasteiger partial charge in [-0.1, -0.05) is 109 Å². The number of hydrogen-bond acceptors (Lipinski definition) is 4. The van der Waals surface area contributed by atoms with E-state index in [2.05, 4.69) is 169 Å². The molecule has 0 radical (unpaired) electrons. The van der Waals surface area contributed by atoms with Crippen LogP contribution in [0.5, 0.6) is 0 Å². The van der Waals surface area contributed by atoms with Crippen molar-refractivity contribution in [3.05, 3.63) is 170 Å². The first kappa shape index (κ1) is 27.7. The van der Waals surface area contributed by atoms with Gasteiger partial charge in [0.05, 0.1) is 10.2 Å². The Kier molecular flexibility index (Phi) is 6.89. The van der Waals surface area contributed by atoms with Crippen molar-refractivity contribution < 1.29 is 0 Å². The van der Waals surface area contributed by atoms with E-state index in [4.69, 9.17) is 4.98 Å². The molecule has 0 aliphatic heterocycles. The largest absolute Gasteiger partial charge is 0.310 e. The Morgan fingerprint density at radius 3 is 1.64 bits per heavy atom. The van der Waals surface area contributed by atoms with Crippen molar-refractivity contribution in [2.24, 2.45) is 0 Å². The van der Waals surface area contributed by atoms with Crippen molar-refractivity contribution in [1.29, 1.82) is 0 Å². The molecule has 0 N–H and O–H groups in total. The minimum absolute atomic E-state index is 1.04. The van der Waals surface area contributed by atoms with Crippen LogP contribution in [0.3, 0.4) is 0 Å². The summed E-state index contributed by atoms with van der Waals surface area (Å²) in [6.07, 6.45) is 0. The third-order valence-corrected chi connectivity index (χ3v) is 10.9. The summed E-state index contributed by atoms with van der Waals surface area (Å²) in [5.74, 6) is 0. The Labute approximate surface area is 281 Å². The summed E-state index contributed by atoms with van der Waals surface area (Å²) in [5, 5.41) is 3.65. The van der Waals surface area contributed by atoms with Gasteiger partial charge in [-0.25, -0.2) is 4.98 Å². The minimum Gasteiger partial charge on any atom is -0.310 e. The Morgan fingerprint density at radius 2 is 0.915 bits per heavy atom. The number of rotatable bonds is 6. The lowest BCUT2D eigenvalue weighted by Crippen LogP contribution is -2.09. The van der Waals surface area contributed by atoms with E-state index in [1.165, 1.54) is 47.1 Å². The summed E-state index contributed by atoms with van der Waals surface area (Å²) in [6.45, 7) is 0. The van der Waals surface area contributed by atoms with Gasteiger partial charge in [-0.05, 0) is 82.9 Å². The lowest BCUT2D eigenvalue weighted by molar-refractivity contribution is 1.29. The maximum Gasteiger partial charge on any atom is 0.124 e. The number of thiazole rings is 1. The molecule has 9 rings (SSSR count). The van der Waals surface area contributed by atoms with Crippen molar-refractivity contribution in [1.82, 2.24) is 4.98 Å². The van der Waals surface area contributed by atoms with Gasteiger partial charge in [0.25, 0.3) is 0 Å². The summed E-state index contributed by atoms with van der Waals surface area (Å²) >= 11 is 3.60. The van der Waals surface area contributed by atoms with Crippen LogP contribution in [0.1, 0.15) is 0 Å². The fourth-order valence-electron chi connectivity index (χ4n) is 6.35. The standard InChI is InChI=1S/C43H28N2S2/c1-3-9-29(10-4-1)30-15-20-34(21-16-30)45(36-24-26-41-38(28-36)37-13-7-8-14-40(37)46-41)35-22-17-31(18-23-35)33-19-25-39-42(27-33)47-43(44-39)32-11-5-2-6-12-32/h1-28H. The summed E-state index contributed by atoms with van der Waals surface area (Å²) in [6, 6.07) is 61.0. The maximum atomic E-state index is 4.90. The Morgan fingerprint density at radius 1 is 0.362 bits per heavy atom. The van der Waals surface area contributed by atoms with E-state index in [9.17, 15) is 0 Å². The predicted molar refractivity (Wildman–Crippen MR) is 203 cm³/mol. The molecule has 0 unspecified atom stereocenters. The summed E-state index contributed by atoms with van der Waals surface area (Å²) in [7, 11) is 0. The molecule has 0 bridgehead atoms. The molecule has 0 aliphatic carbocycles. The van der Waals surface area contributed by atoms with Crippen LogP contribution in [-0.2, 0) is 0 Å². The molecule has 0 saturated carbocycles. The van der Waals surface area contributed by atoms with Gasteiger partial charge in [0.1, 0.15) is 5.01 Å². The highest BCUT2D eigenvalue weighted by molar-refractivity contribution is 7.25. The van der Waals surface area contributed by atoms with Gasteiger partial charge in [-0.15, -0.1) is 22.7 Å². The van der Waals surface area contributed by atoms with E-state index in [0.29, 0.717) is 0 Å². The molecule has 222 valence electrons. The molecule has 9 aromatic rings. The van der Waals surface area contributed by atoms with Crippen LogP contribution >= 0.6 is 22.7 Å². The Balaban J connectivity index is 1.11. The van der Waals surface area contributed by atoms with Crippen LogP contribution in [0, 0.1) is 0 Å². The molecule has 2 heterocycles. The second-order valence-corrected chi connectivity index (χ2v) is 13.8. The summed E-state index contributed by atoms with van der Waals surface area (Å²) in [4.78, 5) is 7.26. The number of hydrogen-bond donors (Lipinski definition) is 0. The van der Waals surface area contributed by atoms with Gasteiger partial charge in [-0.3, -0.25) is 0 Å². The molecule has 2 aromatic heterocycles. The molecule has 0 amide bonds. The summed E-state index contributed by atoms with van der Waals surface area (Å²) in [5.41, 5.74) is 10.4. The lowest BCUT2D eigenvalue weighted by atomic mass is 10.0. The van der Waals surface area contributed by atoms with E-state index in [-0.39, 0.29) is 0 Å². The van der Waals surface area contributed by atoms with Crippen molar-refractivity contribution in [3.63, 3.8) is 0 Å². The topological polar surface area (TPSA) is 16.1 Å². The van der Waals surface area contributed by atoms with E-state index < -0.39 is 0 Å². The third kappa shape index (κ3) is 5.18. The molecule has 47 heavy (non-hydrogen) atoms. The fourth-order valence-corrected chi connectivity index (χ4v) is 8.44. The smallest absolute Gasteiger partial charge is 0.124 e. The predicted octanol–water partition coefficient (Wildman–Crippen LogP) is 13.1. The molecular weight excluding hydrogens is 609 g/mol. The molecule has 7 aromatic carbocycles. The lowest BCUT2D eigenvalue weighted by Gasteiger charge is -2.26. The van der Waals surface area contributed by atoms with Gasteiger partial charge >= 0.3 is 0 Å². The van der Waals surface area contributed by atoms with Crippen LogP contribution in [-0.4, -0.2) is 4.98 Å². The number of benzene rings is 7. The highest BCUT2D eigenvalue weighted by Gasteiger charge is 2.16. The zero-order valence-corrected chi connectivity index (χ0v) is 27.0. The van der Waals surface area contributed by atoms with Crippen LogP contribution in [0.4, 0.5) is 17.1 Å². The second-order valence-electron chi connectivity index (χ2n) is 11.6. The van der Waals surface area contributed by atoms with E-state index in [1.54, 1.807) is 11.3 Å². The highest BCUT2D eigenvalue weighted by atomic mass is 32.1. The van der Waals surface area contributed by atoms with Crippen molar-refractivity contribution >= 4 is 70.1 Å². The van der Waals surface area contributed by atoms with Gasteiger partial charge in [0, 0.05) is 42.8 Å². The molecular formula is C43H28N2S2. The van der Waals surface area contributed by atoms with Crippen LogP contribution in [0.25, 0.3) is 63.2 Å². The van der Waals surface area contributed by atoms with E-state index in [1.807, 2.05) is 17.4 Å². The molecule has 0 atom stereocenters. The zero-order valence-electron chi connectivity index (χ0n) is 25.4. The molecule has 0 saturated heterocycles. The molecule has 4 heteroatoms. The monoisotopic (exact) mass is 636 g/mol. The van der Waals surface area contributed by atoms with Crippen molar-refractivity contribution in [2.45, 2.75) is 0 Å².